The van der Waals surface area contributed by atoms with Gasteiger partial charge < -0.3 is 15.7 Å². The molecule has 0 spiro atoms. The Hall–Kier alpha value is -2.09. The molecule has 1 heterocycles. The van der Waals surface area contributed by atoms with Crippen LogP contribution in [0.5, 0.6) is 0 Å². The van der Waals surface area contributed by atoms with E-state index in [1.807, 2.05) is 20.8 Å². The number of hydrogen-bond acceptors (Lipinski definition) is 3. The third-order valence-corrected chi connectivity index (χ3v) is 6.22. The second kappa shape index (κ2) is 10.0. The maximum atomic E-state index is 13.4. The molecule has 0 bridgehead atoms. The molecule has 1 saturated heterocycles. The normalized spacial score (nSPS) is 21.7. The number of rotatable bonds is 8. The van der Waals surface area contributed by atoms with Crippen molar-refractivity contribution >= 4 is 11.8 Å². The predicted octanol–water partition coefficient (Wildman–Crippen LogP) is 4.09. The molecular formula is C23H33F3N2O3. The van der Waals surface area contributed by atoms with Gasteiger partial charge in [-0.3, -0.25) is 9.59 Å². The van der Waals surface area contributed by atoms with Gasteiger partial charge in [0.15, 0.2) is 0 Å². The van der Waals surface area contributed by atoms with Gasteiger partial charge in [-0.25, -0.2) is 0 Å². The highest BCUT2D eigenvalue weighted by Gasteiger charge is 2.47. The first-order valence-corrected chi connectivity index (χ1v) is 10.9. The SMILES string of the molecule is CCC[C@](CCC(C)C)(C(N)=O)C(=O)N1CCC(c2cccc(C(F)(F)F)c2)[C@@H](O)C1. The molecule has 0 radical (unpaired) electrons. The second-order valence-corrected chi connectivity index (χ2v) is 8.97. The third-order valence-electron chi connectivity index (χ3n) is 6.22. The van der Waals surface area contributed by atoms with Gasteiger partial charge in [-0.2, -0.15) is 13.2 Å². The van der Waals surface area contributed by atoms with E-state index in [4.69, 9.17) is 5.73 Å². The Kier molecular flexibility index (Phi) is 8.14. The Morgan fingerprint density at radius 1 is 1.26 bits per heavy atom. The molecule has 1 aliphatic heterocycles. The number of nitrogens with two attached hydrogens (primary N) is 1. The number of aliphatic hydroxyl groups excluding tert-OH is 1. The minimum atomic E-state index is -4.46. The highest BCUT2D eigenvalue weighted by Crippen LogP contribution is 2.38. The lowest BCUT2D eigenvalue weighted by Gasteiger charge is -2.41. The second-order valence-electron chi connectivity index (χ2n) is 8.97. The molecule has 1 aliphatic rings. The molecule has 0 aromatic heterocycles. The number of hydrogen-bond donors (Lipinski definition) is 2. The van der Waals surface area contributed by atoms with Crippen molar-refractivity contribution in [3.63, 3.8) is 0 Å². The smallest absolute Gasteiger partial charge is 0.391 e. The van der Waals surface area contributed by atoms with Crippen molar-refractivity contribution in [3.8, 4) is 0 Å². The van der Waals surface area contributed by atoms with E-state index in [9.17, 15) is 27.9 Å². The Morgan fingerprint density at radius 2 is 1.94 bits per heavy atom. The first-order chi connectivity index (χ1) is 14.4. The Morgan fingerprint density at radius 3 is 2.45 bits per heavy atom. The number of carbonyl (C=O) groups is 2. The molecule has 0 saturated carbocycles. The molecule has 3 N–H and O–H groups in total. The number of carbonyl (C=O) groups excluding carboxylic acids is 2. The number of likely N-dealkylation sites (tertiary alicyclic amines) is 1. The first-order valence-electron chi connectivity index (χ1n) is 10.9. The van der Waals surface area contributed by atoms with Crippen molar-refractivity contribution in [1.29, 1.82) is 0 Å². The zero-order chi connectivity index (χ0) is 23.4. The maximum Gasteiger partial charge on any atom is 0.416 e. The van der Waals surface area contributed by atoms with Crippen LogP contribution in [0.15, 0.2) is 24.3 Å². The van der Waals surface area contributed by atoms with Crippen LogP contribution >= 0.6 is 0 Å². The van der Waals surface area contributed by atoms with Gasteiger partial charge in [0.25, 0.3) is 0 Å². The van der Waals surface area contributed by atoms with E-state index in [1.165, 1.54) is 11.0 Å². The van der Waals surface area contributed by atoms with Gasteiger partial charge in [0.1, 0.15) is 5.41 Å². The van der Waals surface area contributed by atoms with Gasteiger partial charge in [-0.05, 0) is 43.2 Å². The fourth-order valence-electron chi connectivity index (χ4n) is 4.41. The molecule has 1 aromatic rings. The summed E-state index contributed by atoms with van der Waals surface area (Å²) in [4.78, 5) is 27.3. The molecule has 1 aromatic carbocycles. The summed E-state index contributed by atoms with van der Waals surface area (Å²) in [7, 11) is 0. The van der Waals surface area contributed by atoms with Crippen LogP contribution in [-0.2, 0) is 15.8 Å². The molecule has 31 heavy (non-hydrogen) atoms. The molecule has 1 fully saturated rings. The van der Waals surface area contributed by atoms with Crippen LogP contribution in [0.25, 0.3) is 0 Å². The van der Waals surface area contributed by atoms with E-state index in [1.54, 1.807) is 6.07 Å². The molecule has 2 amide bonds. The lowest BCUT2D eigenvalue weighted by molar-refractivity contribution is -0.153. The molecule has 3 atom stereocenters. The van der Waals surface area contributed by atoms with Gasteiger partial charge in [0.05, 0.1) is 11.7 Å². The summed E-state index contributed by atoms with van der Waals surface area (Å²) < 4.78 is 39.1. The fourth-order valence-corrected chi connectivity index (χ4v) is 4.41. The number of piperidine rings is 1. The average molecular weight is 443 g/mol. The third kappa shape index (κ3) is 5.79. The summed E-state index contributed by atoms with van der Waals surface area (Å²) in [6, 6.07) is 4.94. The molecule has 8 heteroatoms. The lowest BCUT2D eigenvalue weighted by atomic mass is 9.75. The number of primary amides is 1. The van der Waals surface area contributed by atoms with E-state index in [2.05, 4.69) is 0 Å². The topological polar surface area (TPSA) is 83.6 Å². The monoisotopic (exact) mass is 442 g/mol. The summed E-state index contributed by atoms with van der Waals surface area (Å²) in [5, 5.41) is 10.7. The number of aliphatic hydroxyl groups is 1. The number of amides is 2. The molecule has 5 nitrogen and oxygen atoms in total. The number of halogens is 3. The standard InChI is InChI=1S/C23H33F3N2O3/c1-4-10-22(20(27)30,11-8-15(2)3)21(31)28-12-9-18(19(29)14-28)16-6-5-7-17(13-16)23(24,25)26/h5-7,13,15,18-19,29H,4,8-12,14H2,1-3H3,(H2,27,30)/t18?,19-,22-/m0/s1. The highest BCUT2D eigenvalue weighted by molar-refractivity contribution is 6.04. The quantitative estimate of drug-likeness (QED) is 0.595. The Balaban J connectivity index is 2.21. The van der Waals surface area contributed by atoms with Crippen molar-refractivity contribution in [1.82, 2.24) is 4.90 Å². The van der Waals surface area contributed by atoms with Gasteiger partial charge >= 0.3 is 6.18 Å². The molecule has 2 rings (SSSR count). The number of alkyl halides is 3. The van der Waals surface area contributed by atoms with Crippen molar-refractivity contribution < 1.29 is 27.9 Å². The summed E-state index contributed by atoms with van der Waals surface area (Å²) in [5.74, 6) is -1.27. The van der Waals surface area contributed by atoms with Gasteiger partial charge in [0.2, 0.25) is 11.8 Å². The highest BCUT2D eigenvalue weighted by atomic mass is 19.4. The van der Waals surface area contributed by atoms with E-state index in [-0.39, 0.29) is 19.0 Å². The lowest BCUT2D eigenvalue weighted by Crippen LogP contribution is -2.55. The van der Waals surface area contributed by atoms with Crippen LogP contribution in [0, 0.1) is 11.3 Å². The predicted molar refractivity (Wildman–Crippen MR) is 112 cm³/mol. The minimum Gasteiger partial charge on any atom is -0.391 e. The molecule has 0 aliphatic carbocycles. The van der Waals surface area contributed by atoms with Gasteiger partial charge in [-0.15, -0.1) is 0 Å². The first kappa shape index (κ1) is 25.2. The van der Waals surface area contributed by atoms with Crippen LogP contribution < -0.4 is 5.73 Å². The van der Waals surface area contributed by atoms with E-state index in [0.29, 0.717) is 43.6 Å². The van der Waals surface area contributed by atoms with E-state index in [0.717, 1.165) is 12.1 Å². The van der Waals surface area contributed by atoms with Crippen molar-refractivity contribution in [2.24, 2.45) is 17.1 Å². The molecule has 174 valence electrons. The van der Waals surface area contributed by atoms with Crippen LogP contribution in [0.2, 0.25) is 0 Å². The van der Waals surface area contributed by atoms with Crippen LogP contribution in [0.4, 0.5) is 13.2 Å². The van der Waals surface area contributed by atoms with Crippen molar-refractivity contribution in [2.75, 3.05) is 13.1 Å². The summed E-state index contributed by atoms with van der Waals surface area (Å²) in [6.45, 7) is 6.10. The summed E-state index contributed by atoms with van der Waals surface area (Å²) >= 11 is 0. The van der Waals surface area contributed by atoms with Crippen LogP contribution in [0.3, 0.4) is 0 Å². The Bertz CT molecular complexity index is 782. The van der Waals surface area contributed by atoms with E-state index < -0.39 is 35.1 Å². The minimum absolute atomic E-state index is 0.0415. The van der Waals surface area contributed by atoms with Crippen LogP contribution in [-0.4, -0.2) is 41.0 Å². The largest absolute Gasteiger partial charge is 0.416 e. The maximum absolute atomic E-state index is 13.4. The number of β-amino-alcohol motifs (C(OH)–C–C–N with tert-alkyl or cyclic N) is 1. The van der Waals surface area contributed by atoms with Crippen molar-refractivity contribution in [2.45, 2.75) is 71.1 Å². The zero-order valence-electron chi connectivity index (χ0n) is 18.4. The molecular weight excluding hydrogens is 409 g/mol. The van der Waals surface area contributed by atoms with Gasteiger partial charge in [0, 0.05) is 19.0 Å². The number of benzene rings is 1. The summed E-state index contributed by atoms with van der Waals surface area (Å²) in [6.07, 6.45) is -3.24. The van der Waals surface area contributed by atoms with Gasteiger partial charge in [-0.1, -0.05) is 45.4 Å². The Labute approximate surface area is 181 Å². The molecule has 1 unspecified atom stereocenters. The average Bonchev–Trinajstić information content (AvgIpc) is 2.69. The zero-order valence-corrected chi connectivity index (χ0v) is 18.4. The number of nitrogens with zero attached hydrogens (tertiary/aromatic N) is 1. The fraction of sp³-hybridized carbons (Fsp3) is 0.652. The summed E-state index contributed by atoms with van der Waals surface area (Å²) in [5.41, 5.74) is 4.02. The van der Waals surface area contributed by atoms with E-state index >= 15 is 0 Å². The van der Waals surface area contributed by atoms with Crippen LogP contribution in [0.1, 0.15) is 69.9 Å². The van der Waals surface area contributed by atoms with Crippen molar-refractivity contribution in [3.05, 3.63) is 35.4 Å².